The number of nitrogens with one attached hydrogen (secondary N) is 1. The van der Waals surface area contributed by atoms with Crippen molar-refractivity contribution in [2.75, 3.05) is 33.3 Å². The van der Waals surface area contributed by atoms with Gasteiger partial charge in [0.25, 0.3) is 0 Å². The van der Waals surface area contributed by atoms with E-state index in [1.165, 1.54) is 6.42 Å². The quantitative estimate of drug-likeness (QED) is 0.502. The summed E-state index contributed by atoms with van der Waals surface area (Å²) in [4.78, 5) is 38.3. The van der Waals surface area contributed by atoms with Crippen molar-refractivity contribution in [1.82, 2.24) is 20.2 Å². The summed E-state index contributed by atoms with van der Waals surface area (Å²) in [6.45, 7) is 3.47. The molecule has 2 aliphatic carbocycles. The Morgan fingerprint density at radius 1 is 1.18 bits per heavy atom. The van der Waals surface area contributed by atoms with Gasteiger partial charge in [-0.1, -0.05) is 6.42 Å². The molecule has 0 bridgehead atoms. The van der Waals surface area contributed by atoms with Crippen LogP contribution in [0, 0.1) is 5.41 Å². The Kier molecular flexibility index (Phi) is 6.71. The Morgan fingerprint density at radius 3 is 2.76 bits per heavy atom. The van der Waals surface area contributed by atoms with Crippen molar-refractivity contribution in [3.8, 4) is 5.88 Å². The second-order valence-corrected chi connectivity index (χ2v) is 10.5. The smallest absolute Gasteiger partial charge is 0.217 e. The third-order valence-corrected chi connectivity index (χ3v) is 8.39. The van der Waals surface area contributed by atoms with Gasteiger partial charge >= 0.3 is 0 Å². The molecule has 3 N–H and O–H groups in total. The minimum absolute atomic E-state index is 0.0881. The average Bonchev–Trinajstić information content (AvgIpc) is 3.53. The zero-order valence-corrected chi connectivity index (χ0v) is 20.3. The van der Waals surface area contributed by atoms with Crippen LogP contribution in [0.2, 0.25) is 0 Å². The normalized spacial score (nSPS) is 31.9. The highest BCUT2D eigenvalue weighted by Gasteiger charge is 2.49. The number of Topliss-reactive ketones (excluding diaryl/α,β-unsaturated/α-hetero) is 2. The molecular weight excluding hydrogens is 430 g/mol. The molecular formula is C26H37N5O3. The first-order valence-electron chi connectivity index (χ1n) is 13.0. The first-order chi connectivity index (χ1) is 16.5. The molecule has 34 heavy (non-hydrogen) atoms. The van der Waals surface area contributed by atoms with Gasteiger partial charge in [-0.25, -0.2) is 4.98 Å². The fraction of sp³-hybridized carbons (Fsp3) is 0.692. The van der Waals surface area contributed by atoms with Crippen LogP contribution >= 0.6 is 0 Å². The van der Waals surface area contributed by atoms with Crippen molar-refractivity contribution < 1.29 is 14.3 Å². The predicted molar refractivity (Wildman–Crippen MR) is 129 cm³/mol. The van der Waals surface area contributed by atoms with Gasteiger partial charge in [-0.15, -0.1) is 0 Å². The highest BCUT2D eigenvalue weighted by molar-refractivity contribution is 6.17. The zero-order valence-electron chi connectivity index (χ0n) is 20.3. The molecule has 1 spiro atoms. The molecule has 0 radical (unpaired) electrons. The average molecular weight is 468 g/mol. The molecule has 2 saturated heterocycles. The number of ketones is 2. The first kappa shape index (κ1) is 23.4. The van der Waals surface area contributed by atoms with E-state index in [2.05, 4.69) is 22.2 Å². The van der Waals surface area contributed by atoms with Crippen molar-refractivity contribution in [3.63, 3.8) is 0 Å². The zero-order chi connectivity index (χ0) is 23.7. The van der Waals surface area contributed by atoms with Gasteiger partial charge in [0.1, 0.15) is 12.4 Å². The van der Waals surface area contributed by atoms with Crippen LogP contribution in [0.25, 0.3) is 5.70 Å². The lowest BCUT2D eigenvalue weighted by Gasteiger charge is -2.38. The molecule has 0 aromatic carbocycles. The standard InChI is InChI=1S/C26H37N5O3/c1-31-13-5-6-18(31)16-34-22-14-20(17-9-12-28-15-17)29-25(30-22)23(27)19-7-4-11-26(24(19)33)10-3-2-8-21(26)32/h14,17-18,28H,2-13,15-16,27H2,1H3/b23-19-/t17?,18-,26+/m0/s1. The molecule has 4 aliphatic rings. The number of nitrogens with zero attached hydrogens (tertiary/aromatic N) is 3. The highest BCUT2D eigenvalue weighted by atomic mass is 16.5. The van der Waals surface area contributed by atoms with Crippen LogP contribution in [0.1, 0.15) is 81.6 Å². The minimum atomic E-state index is -0.879. The molecule has 2 saturated carbocycles. The monoisotopic (exact) mass is 467 g/mol. The molecule has 4 fully saturated rings. The number of likely N-dealkylation sites (N-methyl/N-ethyl adjacent to an activating group) is 1. The number of hydrogen-bond donors (Lipinski definition) is 2. The number of ether oxygens (including phenoxy) is 1. The Balaban J connectivity index is 1.47. The van der Waals surface area contributed by atoms with Gasteiger partial charge in [0.05, 0.1) is 16.8 Å². The van der Waals surface area contributed by atoms with Crippen LogP contribution in [0.4, 0.5) is 0 Å². The lowest BCUT2D eigenvalue weighted by atomic mass is 9.62. The molecule has 2 aliphatic heterocycles. The number of carbonyl (C=O) groups is 2. The van der Waals surface area contributed by atoms with Gasteiger partial charge in [0.2, 0.25) is 5.88 Å². The number of rotatable bonds is 5. The molecule has 5 rings (SSSR count). The lowest BCUT2D eigenvalue weighted by Crippen LogP contribution is -2.45. The van der Waals surface area contributed by atoms with E-state index in [9.17, 15) is 9.59 Å². The number of nitrogens with two attached hydrogens (primary N) is 1. The Hall–Kier alpha value is -2.32. The highest BCUT2D eigenvalue weighted by Crippen LogP contribution is 2.45. The Bertz CT molecular complexity index is 983. The number of allylic oxidation sites excluding steroid dienone is 1. The van der Waals surface area contributed by atoms with Crippen molar-refractivity contribution >= 4 is 17.3 Å². The summed E-state index contributed by atoms with van der Waals surface area (Å²) >= 11 is 0. The van der Waals surface area contributed by atoms with E-state index in [0.29, 0.717) is 61.3 Å². The van der Waals surface area contributed by atoms with E-state index in [1.807, 2.05) is 6.07 Å². The van der Waals surface area contributed by atoms with Crippen LogP contribution < -0.4 is 15.8 Å². The summed E-state index contributed by atoms with van der Waals surface area (Å²) in [5.41, 5.74) is 7.49. The maximum Gasteiger partial charge on any atom is 0.217 e. The largest absolute Gasteiger partial charge is 0.476 e. The van der Waals surface area contributed by atoms with Crippen LogP contribution in [0.5, 0.6) is 5.88 Å². The second kappa shape index (κ2) is 9.74. The SMILES string of the molecule is CN1CCC[C@H]1COc1cc(C2CCNC2)nc(/C(N)=C2\CCC[C@@]3(CCCCC3=O)C2=O)n1. The van der Waals surface area contributed by atoms with Gasteiger partial charge in [-0.05, 0) is 71.5 Å². The summed E-state index contributed by atoms with van der Waals surface area (Å²) in [5.74, 6) is 1.15. The van der Waals surface area contributed by atoms with Gasteiger partial charge in [0, 0.05) is 36.6 Å². The summed E-state index contributed by atoms with van der Waals surface area (Å²) < 4.78 is 6.16. The van der Waals surface area contributed by atoms with Crippen LogP contribution in [0.3, 0.4) is 0 Å². The molecule has 184 valence electrons. The third kappa shape index (κ3) is 4.38. The molecule has 8 heteroatoms. The van der Waals surface area contributed by atoms with Crippen LogP contribution in [-0.4, -0.2) is 65.8 Å². The molecule has 3 heterocycles. The van der Waals surface area contributed by atoms with Crippen molar-refractivity contribution in [1.29, 1.82) is 0 Å². The number of carbonyl (C=O) groups excluding carboxylic acids is 2. The second-order valence-electron chi connectivity index (χ2n) is 10.5. The van der Waals surface area contributed by atoms with Gasteiger partial charge in [-0.3, -0.25) is 9.59 Å². The van der Waals surface area contributed by atoms with E-state index >= 15 is 0 Å². The fourth-order valence-electron chi connectivity index (χ4n) is 6.20. The Morgan fingerprint density at radius 2 is 2.03 bits per heavy atom. The summed E-state index contributed by atoms with van der Waals surface area (Å²) in [6.07, 6.45) is 8.21. The maximum atomic E-state index is 13.6. The lowest BCUT2D eigenvalue weighted by molar-refractivity contribution is -0.143. The van der Waals surface area contributed by atoms with Crippen molar-refractivity contribution in [2.45, 2.75) is 76.2 Å². The third-order valence-electron chi connectivity index (χ3n) is 8.39. The molecule has 1 aromatic heterocycles. The Labute approximate surface area is 201 Å². The van der Waals surface area contributed by atoms with Gasteiger partial charge < -0.3 is 20.7 Å². The van der Waals surface area contributed by atoms with E-state index < -0.39 is 5.41 Å². The summed E-state index contributed by atoms with van der Waals surface area (Å²) in [6, 6.07) is 2.31. The molecule has 1 unspecified atom stereocenters. The predicted octanol–water partition coefficient (Wildman–Crippen LogP) is 2.58. The topological polar surface area (TPSA) is 110 Å². The first-order valence-corrected chi connectivity index (χ1v) is 13.0. The molecule has 1 aromatic rings. The van der Waals surface area contributed by atoms with Crippen molar-refractivity contribution in [3.05, 3.63) is 23.2 Å². The van der Waals surface area contributed by atoms with E-state index in [1.54, 1.807) is 0 Å². The number of likely N-dealkylation sites (tertiary alicyclic amines) is 1. The minimum Gasteiger partial charge on any atom is -0.476 e. The van der Waals surface area contributed by atoms with Gasteiger partial charge in [-0.2, -0.15) is 4.98 Å². The fourth-order valence-corrected chi connectivity index (χ4v) is 6.20. The molecule has 8 nitrogen and oxygen atoms in total. The van der Waals surface area contributed by atoms with E-state index in [4.69, 9.17) is 15.5 Å². The van der Waals surface area contributed by atoms with E-state index in [-0.39, 0.29) is 17.5 Å². The number of hydrogen-bond acceptors (Lipinski definition) is 8. The van der Waals surface area contributed by atoms with Crippen molar-refractivity contribution in [2.24, 2.45) is 11.1 Å². The van der Waals surface area contributed by atoms with Gasteiger partial charge in [0.15, 0.2) is 11.6 Å². The number of aromatic nitrogens is 2. The maximum absolute atomic E-state index is 13.6. The van der Waals surface area contributed by atoms with Crippen LogP contribution in [0.15, 0.2) is 11.6 Å². The molecule has 3 atom stereocenters. The van der Waals surface area contributed by atoms with Crippen LogP contribution in [-0.2, 0) is 9.59 Å². The summed E-state index contributed by atoms with van der Waals surface area (Å²) in [7, 11) is 2.13. The molecule has 0 amide bonds. The summed E-state index contributed by atoms with van der Waals surface area (Å²) in [5, 5.41) is 3.39. The van der Waals surface area contributed by atoms with E-state index in [0.717, 1.165) is 57.4 Å².